The maximum atomic E-state index is 7.80. The van der Waals surface area contributed by atoms with Crippen LogP contribution in [0, 0.1) is 6.57 Å². The van der Waals surface area contributed by atoms with E-state index in [0.29, 0.717) is 11.8 Å². The quantitative estimate of drug-likeness (QED) is 0.192. The number of hydrogen-bond donors (Lipinski definition) is 0. The van der Waals surface area contributed by atoms with Gasteiger partial charge in [-0.15, -0.1) is 0 Å². The first-order valence-corrected chi connectivity index (χ1v) is 15.2. The average Bonchev–Trinajstić information content (AvgIpc) is 3.64. The first kappa shape index (κ1) is 25.9. The number of aromatic nitrogens is 4. The number of rotatable bonds is 4. The predicted molar refractivity (Wildman–Crippen MR) is 188 cm³/mol. The summed E-state index contributed by atoms with van der Waals surface area (Å²) in [7, 11) is 0. The van der Waals surface area contributed by atoms with E-state index in [4.69, 9.17) is 16.5 Å². The Kier molecular flexibility index (Phi) is 5.81. The van der Waals surface area contributed by atoms with Crippen molar-refractivity contribution in [1.29, 1.82) is 0 Å². The summed E-state index contributed by atoms with van der Waals surface area (Å²) < 4.78 is 4.43. The number of nitrogens with zero attached hydrogens (tertiary/aromatic N) is 5. The van der Waals surface area contributed by atoms with Gasteiger partial charge in [-0.2, -0.15) is 4.98 Å². The van der Waals surface area contributed by atoms with Gasteiger partial charge in [-0.1, -0.05) is 115 Å². The Morgan fingerprint density at radius 3 is 1.78 bits per heavy atom. The van der Waals surface area contributed by atoms with Crippen LogP contribution >= 0.6 is 0 Å². The summed E-state index contributed by atoms with van der Waals surface area (Å²) in [6.07, 6.45) is 0. The van der Waals surface area contributed by atoms with Gasteiger partial charge in [-0.3, -0.25) is 4.57 Å². The molecule has 0 bridgehead atoms. The van der Waals surface area contributed by atoms with Crippen molar-refractivity contribution < 1.29 is 0 Å². The molecular weight excluding hydrogens is 562 g/mol. The Labute approximate surface area is 265 Å². The van der Waals surface area contributed by atoms with Crippen LogP contribution in [0.15, 0.2) is 152 Å². The van der Waals surface area contributed by atoms with Gasteiger partial charge in [-0.05, 0) is 65.2 Å². The molecule has 0 spiro atoms. The summed E-state index contributed by atoms with van der Waals surface area (Å²) in [5.74, 6) is 0.795. The second-order valence-electron chi connectivity index (χ2n) is 11.4. The van der Waals surface area contributed by atoms with Crippen molar-refractivity contribution in [3.05, 3.63) is 163 Å². The van der Waals surface area contributed by atoms with E-state index in [-0.39, 0.29) is 0 Å². The lowest BCUT2D eigenvalue weighted by Gasteiger charge is -2.09. The van der Waals surface area contributed by atoms with Crippen molar-refractivity contribution in [1.82, 2.24) is 19.1 Å². The number of para-hydroxylation sites is 3. The highest BCUT2D eigenvalue weighted by Crippen LogP contribution is 2.38. The van der Waals surface area contributed by atoms with Gasteiger partial charge in [-0.25, -0.2) is 0 Å². The molecule has 3 aromatic heterocycles. The summed E-state index contributed by atoms with van der Waals surface area (Å²) in [4.78, 5) is 13.4. The maximum absolute atomic E-state index is 7.80. The van der Waals surface area contributed by atoms with E-state index in [1.807, 2.05) is 36.4 Å². The van der Waals surface area contributed by atoms with Gasteiger partial charge in [0.25, 0.3) is 5.82 Å². The molecule has 0 saturated heterocycles. The van der Waals surface area contributed by atoms with Gasteiger partial charge < -0.3 is 9.41 Å². The van der Waals surface area contributed by atoms with Crippen molar-refractivity contribution >= 4 is 49.4 Å². The second kappa shape index (κ2) is 10.3. The van der Waals surface area contributed by atoms with Crippen LogP contribution in [-0.2, 0) is 0 Å². The molecule has 5 heteroatoms. The lowest BCUT2D eigenvalue weighted by Crippen LogP contribution is -2.02. The van der Waals surface area contributed by atoms with Crippen LogP contribution in [0.3, 0.4) is 0 Å². The normalized spacial score (nSPS) is 11.5. The molecule has 0 atom stereocenters. The zero-order valence-electron chi connectivity index (χ0n) is 24.7. The minimum Gasteiger partial charge on any atom is -0.360 e. The number of fused-ring (bicyclic) bond motifs is 6. The molecule has 0 N–H and O–H groups in total. The fourth-order valence-corrected chi connectivity index (χ4v) is 6.71. The van der Waals surface area contributed by atoms with Gasteiger partial charge >= 0.3 is 5.95 Å². The Bertz CT molecular complexity index is 2640. The fourth-order valence-electron chi connectivity index (χ4n) is 6.71. The highest BCUT2D eigenvalue weighted by atomic mass is 15.2. The molecule has 0 aliphatic rings. The molecule has 214 valence electrons. The summed E-state index contributed by atoms with van der Waals surface area (Å²) >= 11 is 0. The summed E-state index contributed by atoms with van der Waals surface area (Å²) in [5.41, 5.74) is 9.38. The van der Waals surface area contributed by atoms with Crippen LogP contribution in [0.25, 0.3) is 82.5 Å². The Morgan fingerprint density at radius 2 is 1.02 bits per heavy atom. The second-order valence-corrected chi connectivity index (χ2v) is 11.4. The molecule has 46 heavy (non-hydrogen) atoms. The van der Waals surface area contributed by atoms with Crippen molar-refractivity contribution in [3.63, 3.8) is 0 Å². The molecule has 0 amide bonds. The standard InChI is InChI=1S/C41H25N5/c1-42-40-26-35(27-12-4-2-5-13-27)43-41(44-40)46-37-19-11-8-16-31(37)33-22-20-29(25-39(33)46)28-21-23-38-34(24-28)32-17-9-10-18-36(32)45(38)30-14-6-3-7-15-30/h2-26H. The molecule has 9 rings (SSSR count). The zero-order chi connectivity index (χ0) is 30.6. The highest BCUT2D eigenvalue weighted by Gasteiger charge is 2.20. The summed E-state index contributed by atoms with van der Waals surface area (Å²) in [6, 6.07) is 52.5. The molecule has 0 fully saturated rings. The molecule has 0 aliphatic carbocycles. The van der Waals surface area contributed by atoms with Gasteiger partial charge in [0, 0.05) is 27.2 Å². The molecule has 0 unspecified atom stereocenters. The topological polar surface area (TPSA) is 40.0 Å². The lowest BCUT2D eigenvalue weighted by molar-refractivity contribution is 1.00. The molecular formula is C41H25N5. The molecule has 6 aromatic carbocycles. The van der Waals surface area contributed by atoms with Crippen LogP contribution in [-0.4, -0.2) is 19.1 Å². The van der Waals surface area contributed by atoms with E-state index < -0.39 is 0 Å². The first-order valence-electron chi connectivity index (χ1n) is 15.2. The fraction of sp³-hybridized carbons (Fsp3) is 0. The Hall–Kier alpha value is -6.51. The minimum absolute atomic E-state index is 0.311. The van der Waals surface area contributed by atoms with E-state index in [1.165, 1.54) is 21.8 Å². The first-order chi connectivity index (χ1) is 22.8. The van der Waals surface area contributed by atoms with Crippen LogP contribution in [0.1, 0.15) is 0 Å². The smallest absolute Gasteiger partial charge is 0.331 e. The monoisotopic (exact) mass is 587 g/mol. The third kappa shape index (κ3) is 4.02. The number of benzene rings is 6. The average molecular weight is 588 g/mol. The van der Waals surface area contributed by atoms with Crippen molar-refractivity contribution in [2.24, 2.45) is 0 Å². The van der Waals surface area contributed by atoms with Crippen LogP contribution < -0.4 is 0 Å². The third-order valence-corrected chi connectivity index (χ3v) is 8.78. The molecule has 9 aromatic rings. The third-order valence-electron chi connectivity index (χ3n) is 8.78. The van der Waals surface area contributed by atoms with Crippen LogP contribution in [0.5, 0.6) is 0 Å². The van der Waals surface area contributed by atoms with E-state index in [9.17, 15) is 0 Å². The SMILES string of the molecule is [C-]#[N+]c1cc(-c2ccccc2)nc(-n2c3ccccc3c3ccc(-c4ccc5c(c4)c4ccccc4n5-c4ccccc4)cc32)n1. The van der Waals surface area contributed by atoms with E-state index >= 15 is 0 Å². The molecule has 0 aliphatic heterocycles. The van der Waals surface area contributed by atoms with E-state index in [0.717, 1.165) is 49.9 Å². The van der Waals surface area contributed by atoms with Gasteiger partial charge in [0.1, 0.15) is 0 Å². The van der Waals surface area contributed by atoms with Crippen LogP contribution in [0.4, 0.5) is 5.82 Å². The van der Waals surface area contributed by atoms with E-state index in [2.05, 4.69) is 123 Å². The van der Waals surface area contributed by atoms with Gasteiger partial charge in [0.05, 0.1) is 27.8 Å². The van der Waals surface area contributed by atoms with Crippen LogP contribution in [0.2, 0.25) is 0 Å². The summed E-state index contributed by atoms with van der Waals surface area (Å²) in [5, 5.41) is 4.65. The molecule has 0 radical (unpaired) electrons. The van der Waals surface area contributed by atoms with Gasteiger partial charge in [0.15, 0.2) is 0 Å². The maximum Gasteiger partial charge on any atom is 0.331 e. The van der Waals surface area contributed by atoms with Crippen molar-refractivity contribution in [3.8, 4) is 34.0 Å². The Morgan fingerprint density at radius 1 is 0.435 bits per heavy atom. The molecule has 3 heterocycles. The van der Waals surface area contributed by atoms with Crippen molar-refractivity contribution in [2.75, 3.05) is 0 Å². The van der Waals surface area contributed by atoms with E-state index in [1.54, 1.807) is 6.07 Å². The summed E-state index contributed by atoms with van der Waals surface area (Å²) in [6.45, 7) is 7.80. The predicted octanol–water partition coefficient (Wildman–Crippen LogP) is 10.6. The minimum atomic E-state index is 0.311. The van der Waals surface area contributed by atoms with Crippen molar-refractivity contribution in [2.45, 2.75) is 0 Å². The number of hydrogen-bond acceptors (Lipinski definition) is 2. The highest BCUT2D eigenvalue weighted by molar-refractivity contribution is 6.12. The molecule has 0 saturated carbocycles. The zero-order valence-corrected chi connectivity index (χ0v) is 24.7. The molecule has 5 nitrogen and oxygen atoms in total. The largest absolute Gasteiger partial charge is 0.360 e. The van der Waals surface area contributed by atoms with Gasteiger partial charge in [0.2, 0.25) is 0 Å². The lowest BCUT2D eigenvalue weighted by atomic mass is 10.0. The Balaban J connectivity index is 1.27.